The average Bonchev–Trinajstić information content (AvgIpc) is 3.36. The summed E-state index contributed by atoms with van der Waals surface area (Å²) in [4.78, 5) is 45.5. The van der Waals surface area contributed by atoms with E-state index >= 15 is 4.39 Å². The Morgan fingerprint density at radius 2 is 2.09 bits per heavy atom. The quantitative estimate of drug-likeness (QED) is 0.237. The number of aromatic nitrogens is 1. The first kappa shape index (κ1) is 23.1. The summed E-state index contributed by atoms with van der Waals surface area (Å²) in [5.74, 6) is -2.07. The molecule has 0 aliphatic carbocycles. The third kappa shape index (κ3) is 3.78. The zero-order chi connectivity index (χ0) is 24.9. The van der Waals surface area contributed by atoms with Crippen LogP contribution in [0.25, 0.3) is 11.0 Å². The Kier molecular flexibility index (Phi) is 5.86. The molecule has 10 heteroatoms. The van der Waals surface area contributed by atoms with Crippen LogP contribution in [0.1, 0.15) is 43.1 Å². The molecule has 4 aromatic rings. The third-order valence-electron chi connectivity index (χ3n) is 5.54. The highest BCUT2D eigenvalue weighted by atomic mass is 79.9. The smallest absolute Gasteiger partial charge is 0.350 e. The molecule has 3 heterocycles. The van der Waals surface area contributed by atoms with Crippen molar-refractivity contribution in [3.8, 4) is 0 Å². The number of benzene rings is 2. The third-order valence-corrected chi connectivity index (χ3v) is 7.17. The number of rotatable bonds is 5. The summed E-state index contributed by atoms with van der Waals surface area (Å²) in [6.07, 6.45) is 1.43. The Hall–Kier alpha value is -3.63. The normalized spacial score (nSPS) is 14.9. The van der Waals surface area contributed by atoms with E-state index in [0.717, 1.165) is 11.3 Å². The molecule has 0 radical (unpaired) electrons. The predicted molar refractivity (Wildman–Crippen MR) is 133 cm³/mol. The molecule has 1 aliphatic heterocycles. The molecule has 1 atom stereocenters. The minimum Gasteiger partial charge on any atom is -0.457 e. The highest BCUT2D eigenvalue weighted by Gasteiger charge is 2.46. The lowest BCUT2D eigenvalue weighted by Gasteiger charge is -2.22. The minimum atomic E-state index is -1.14. The monoisotopic (exact) mass is 554 g/mol. The SMILES string of the molecule is C=CCOC(=O)c1sc(N2C(=O)c3oc4ccc(Br)cc4c(=O)c3C2c2ccccc2F)nc1C. The lowest BCUT2D eigenvalue weighted by molar-refractivity contribution is 0.0554. The van der Waals surface area contributed by atoms with Crippen molar-refractivity contribution in [3.63, 3.8) is 0 Å². The van der Waals surface area contributed by atoms with Crippen LogP contribution in [0.15, 0.2) is 68.8 Å². The Morgan fingerprint density at radius 3 is 2.83 bits per heavy atom. The Bertz CT molecular complexity index is 1590. The Labute approximate surface area is 210 Å². The average molecular weight is 555 g/mol. The molecule has 5 rings (SSSR count). The lowest BCUT2D eigenvalue weighted by Crippen LogP contribution is -2.30. The number of carbonyl (C=O) groups is 2. The van der Waals surface area contributed by atoms with Crippen LogP contribution < -0.4 is 10.3 Å². The number of hydrogen-bond acceptors (Lipinski definition) is 7. The van der Waals surface area contributed by atoms with Crippen molar-refractivity contribution in [2.24, 2.45) is 0 Å². The van der Waals surface area contributed by atoms with Crippen molar-refractivity contribution in [2.45, 2.75) is 13.0 Å². The molecule has 2 aromatic carbocycles. The summed E-state index contributed by atoms with van der Waals surface area (Å²) < 4.78 is 26.7. The molecule has 0 N–H and O–H groups in total. The van der Waals surface area contributed by atoms with Gasteiger partial charge in [0.25, 0.3) is 5.91 Å². The van der Waals surface area contributed by atoms with Gasteiger partial charge in [-0.15, -0.1) is 0 Å². The summed E-state index contributed by atoms with van der Waals surface area (Å²) in [6.45, 7) is 5.13. The number of aryl methyl sites for hydroxylation is 1. The summed E-state index contributed by atoms with van der Waals surface area (Å²) >= 11 is 4.26. The molecule has 176 valence electrons. The van der Waals surface area contributed by atoms with E-state index in [-0.39, 0.29) is 44.5 Å². The standard InChI is InChI=1S/C25H16BrFN2O5S/c1-3-10-33-24(32)22-12(2)28-25(35-22)29-19(14-6-4-5-7-16(14)27)18-20(30)15-11-13(26)8-9-17(15)34-21(18)23(29)31/h3-9,11,19H,1,10H2,2H3. The van der Waals surface area contributed by atoms with Crippen molar-refractivity contribution in [2.75, 3.05) is 11.5 Å². The van der Waals surface area contributed by atoms with Crippen LogP contribution in [0.3, 0.4) is 0 Å². The molecule has 7 nitrogen and oxygen atoms in total. The summed E-state index contributed by atoms with van der Waals surface area (Å²) in [5.41, 5.74) is 0.219. The highest BCUT2D eigenvalue weighted by Crippen LogP contribution is 2.43. The van der Waals surface area contributed by atoms with E-state index in [2.05, 4.69) is 27.5 Å². The number of thiazole rings is 1. The maximum absolute atomic E-state index is 15.0. The van der Waals surface area contributed by atoms with Crippen LogP contribution in [0.4, 0.5) is 9.52 Å². The zero-order valence-electron chi connectivity index (χ0n) is 18.2. The van der Waals surface area contributed by atoms with Gasteiger partial charge in [-0.3, -0.25) is 14.5 Å². The first-order chi connectivity index (χ1) is 16.8. The molecule has 0 bridgehead atoms. The molecular formula is C25H16BrFN2O5S. The second kappa shape index (κ2) is 8.86. The molecule has 0 fully saturated rings. The van der Waals surface area contributed by atoms with Gasteiger partial charge in [-0.25, -0.2) is 14.2 Å². The zero-order valence-corrected chi connectivity index (χ0v) is 20.6. The van der Waals surface area contributed by atoms with Gasteiger partial charge in [-0.1, -0.05) is 58.1 Å². The number of hydrogen-bond donors (Lipinski definition) is 0. The van der Waals surface area contributed by atoms with E-state index < -0.39 is 29.2 Å². The summed E-state index contributed by atoms with van der Waals surface area (Å²) in [6, 6.07) is 9.60. The fraction of sp³-hybridized carbons (Fsp3) is 0.120. The molecule has 1 unspecified atom stereocenters. The van der Waals surface area contributed by atoms with E-state index in [4.69, 9.17) is 9.15 Å². The topological polar surface area (TPSA) is 89.7 Å². The van der Waals surface area contributed by atoms with Crippen molar-refractivity contribution in [3.05, 3.63) is 103 Å². The Morgan fingerprint density at radius 1 is 1.31 bits per heavy atom. The molecule has 1 aliphatic rings. The van der Waals surface area contributed by atoms with Gasteiger partial charge in [0.05, 0.1) is 16.6 Å². The number of anilines is 1. The second-order valence-corrected chi connectivity index (χ2v) is 9.60. The number of amides is 1. The Balaban J connectivity index is 1.74. The number of nitrogens with zero attached hydrogens (tertiary/aromatic N) is 2. The first-order valence-corrected chi connectivity index (χ1v) is 12.0. The van der Waals surface area contributed by atoms with Crippen LogP contribution in [-0.4, -0.2) is 23.5 Å². The van der Waals surface area contributed by atoms with Crippen molar-refractivity contribution in [1.29, 1.82) is 0 Å². The van der Waals surface area contributed by atoms with E-state index in [9.17, 15) is 14.4 Å². The van der Waals surface area contributed by atoms with E-state index in [0.29, 0.717) is 10.2 Å². The highest BCUT2D eigenvalue weighted by molar-refractivity contribution is 9.10. The number of esters is 1. The van der Waals surface area contributed by atoms with E-state index in [1.54, 1.807) is 31.2 Å². The minimum absolute atomic E-state index is 0.00865. The van der Waals surface area contributed by atoms with Crippen molar-refractivity contribution >= 4 is 55.2 Å². The van der Waals surface area contributed by atoms with Gasteiger partial charge in [-0.05, 0) is 31.2 Å². The molecule has 0 spiro atoms. The van der Waals surface area contributed by atoms with Crippen molar-refractivity contribution in [1.82, 2.24) is 4.98 Å². The van der Waals surface area contributed by atoms with Crippen LogP contribution >= 0.6 is 27.3 Å². The number of carbonyl (C=O) groups excluding carboxylic acids is 2. The van der Waals surface area contributed by atoms with Gasteiger partial charge in [0.2, 0.25) is 5.76 Å². The lowest BCUT2D eigenvalue weighted by atomic mass is 9.98. The molecule has 2 aromatic heterocycles. The first-order valence-electron chi connectivity index (χ1n) is 10.4. The van der Waals surface area contributed by atoms with Gasteiger partial charge in [0, 0.05) is 10.0 Å². The maximum Gasteiger partial charge on any atom is 0.350 e. The van der Waals surface area contributed by atoms with Gasteiger partial charge >= 0.3 is 5.97 Å². The van der Waals surface area contributed by atoms with Gasteiger partial charge in [0.15, 0.2) is 10.6 Å². The number of ether oxygens (including phenoxy) is 1. The number of fused-ring (bicyclic) bond motifs is 2. The molecular weight excluding hydrogens is 539 g/mol. The fourth-order valence-corrected chi connectivity index (χ4v) is 5.36. The summed E-state index contributed by atoms with van der Waals surface area (Å²) in [7, 11) is 0. The van der Waals surface area contributed by atoms with Gasteiger partial charge in [0.1, 0.15) is 28.9 Å². The number of halogens is 2. The maximum atomic E-state index is 15.0. The van der Waals surface area contributed by atoms with Crippen LogP contribution in [0.5, 0.6) is 0 Å². The molecule has 0 saturated carbocycles. The molecule has 35 heavy (non-hydrogen) atoms. The van der Waals surface area contributed by atoms with Crippen LogP contribution in [-0.2, 0) is 4.74 Å². The summed E-state index contributed by atoms with van der Waals surface area (Å²) in [5, 5.41) is 0.362. The van der Waals surface area contributed by atoms with Gasteiger partial charge < -0.3 is 9.15 Å². The predicted octanol–water partition coefficient (Wildman–Crippen LogP) is 5.55. The fourth-order valence-electron chi connectivity index (χ4n) is 4.01. The van der Waals surface area contributed by atoms with Crippen molar-refractivity contribution < 1.29 is 23.1 Å². The largest absolute Gasteiger partial charge is 0.457 e. The molecule has 0 saturated heterocycles. The van der Waals surface area contributed by atoms with E-state index in [1.165, 1.54) is 29.2 Å². The molecule has 1 amide bonds. The second-order valence-electron chi connectivity index (χ2n) is 7.71. The van der Waals surface area contributed by atoms with Crippen LogP contribution in [0, 0.1) is 12.7 Å². The van der Waals surface area contributed by atoms with Crippen LogP contribution in [0.2, 0.25) is 0 Å². The van der Waals surface area contributed by atoms with Gasteiger partial charge in [-0.2, -0.15) is 0 Å². The van der Waals surface area contributed by atoms with E-state index in [1.807, 2.05) is 0 Å².